The highest BCUT2D eigenvalue weighted by molar-refractivity contribution is 7.29. The van der Waals surface area contributed by atoms with Crippen molar-refractivity contribution < 1.29 is 37.0 Å². The lowest BCUT2D eigenvalue weighted by atomic mass is 9.84. The maximum atomic E-state index is 14.1. The molecule has 3 unspecified atom stereocenters. The SMILES string of the molecule is COc1cc(P)c([C@@H]2CN(c3c(C)ccn(CC4CCO4)c3=O)C(=O)[C@H]2CC(=O)c2ccc(OC(F)(F)F)cc2)c(P)c1. The lowest BCUT2D eigenvalue weighted by Crippen LogP contribution is -2.39. The first kappa shape index (κ1) is 31.2. The van der Waals surface area contributed by atoms with Crippen LogP contribution in [0.4, 0.5) is 18.9 Å². The van der Waals surface area contributed by atoms with Gasteiger partial charge in [0, 0.05) is 37.3 Å². The Bertz CT molecular complexity index is 1580. The summed E-state index contributed by atoms with van der Waals surface area (Å²) in [5, 5.41) is 1.55. The van der Waals surface area contributed by atoms with Crippen molar-refractivity contribution in [3.8, 4) is 11.5 Å². The number of nitrogens with zero attached hydrogens (tertiary/aromatic N) is 2. The van der Waals surface area contributed by atoms with Gasteiger partial charge in [0.1, 0.15) is 17.2 Å². The minimum Gasteiger partial charge on any atom is -0.497 e. The number of carbonyl (C=O) groups excluding carboxylic acids is 2. The van der Waals surface area contributed by atoms with Crippen molar-refractivity contribution in [3.05, 3.63) is 75.7 Å². The van der Waals surface area contributed by atoms with Gasteiger partial charge in [0.2, 0.25) is 5.91 Å². The van der Waals surface area contributed by atoms with Gasteiger partial charge in [0.05, 0.1) is 25.7 Å². The molecule has 2 fully saturated rings. The average Bonchev–Trinajstić information content (AvgIpc) is 3.21. The highest BCUT2D eigenvalue weighted by Gasteiger charge is 2.45. The summed E-state index contributed by atoms with van der Waals surface area (Å²) in [5.41, 5.74) is 1.52. The van der Waals surface area contributed by atoms with Crippen molar-refractivity contribution >= 4 is 46.5 Å². The van der Waals surface area contributed by atoms with Crippen LogP contribution in [0, 0.1) is 12.8 Å². The zero-order chi connectivity index (χ0) is 31.1. The monoisotopic (exact) mass is 634 g/mol. The summed E-state index contributed by atoms with van der Waals surface area (Å²) in [6, 6.07) is 10.0. The van der Waals surface area contributed by atoms with E-state index >= 15 is 0 Å². The molecule has 0 spiro atoms. The van der Waals surface area contributed by atoms with Gasteiger partial charge < -0.3 is 23.7 Å². The molecular weight excluding hydrogens is 603 g/mol. The fourth-order valence-electron chi connectivity index (χ4n) is 5.66. The number of benzene rings is 2. The highest BCUT2D eigenvalue weighted by atomic mass is 31.0. The third-order valence-electron chi connectivity index (χ3n) is 7.89. The molecule has 5 rings (SSSR count). The first-order valence-corrected chi connectivity index (χ1v) is 14.8. The summed E-state index contributed by atoms with van der Waals surface area (Å²) in [6.45, 7) is 2.94. The van der Waals surface area contributed by atoms with E-state index in [1.165, 1.54) is 17.0 Å². The van der Waals surface area contributed by atoms with Gasteiger partial charge in [-0.3, -0.25) is 14.4 Å². The molecule has 0 radical (unpaired) electrons. The molecule has 1 aromatic heterocycles. The zero-order valence-electron chi connectivity index (χ0n) is 23.5. The van der Waals surface area contributed by atoms with Crippen LogP contribution < -0.4 is 30.5 Å². The molecule has 13 heteroatoms. The Labute approximate surface area is 250 Å². The molecule has 0 bridgehead atoms. The van der Waals surface area contributed by atoms with Crippen LogP contribution in [-0.2, 0) is 16.1 Å². The van der Waals surface area contributed by atoms with Crippen LogP contribution >= 0.6 is 18.5 Å². The second-order valence-electron chi connectivity index (χ2n) is 10.7. The van der Waals surface area contributed by atoms with Gasteiger partial charge in [-0.2, -0.15) is 0 Å². The topological polar surface area (TPSA) is 87.1 Å². The third-order valence-corrected chi connectivity index (χ3v) is 8.85. The summed E-state index contributed by atoms with van der Waals surface area (Å²) in [7, 11) is 6.86. The maximum Gasteiger partial charge on any atom is 0.573 e. The van der Waals surface area contributed by atoms with Gasteiger partial charge >= 0.3 is 6.36 Å². The number of rotatable bonds is 9. The number of Topliss-reactive ketones (excluding diaryl/α,β-unsaturated/α-hetero) is 1. The van der Waals surface area contributed by atoms with Crippen LogP contribution in [0.2, 0.25) is 0 Å². The number of ether oxygens (including phenoxy) is 3. The van der Waals surface area contributed by atoms with Crippen LogP contribution in [0.15, 0.2) is 53.5 Å². The van der Waals surface area contributed by atoms with Gasteiger partial charge in [-0.05, 0) is 77.5 Å². The van der Waals surface area contributed by atoms with E-state index in [4.69, 9.17) is 9.47 Å². The summed E-state index contributed by atoms with van der Waals surface area (Å²) in [5.74, 6) is -1.94. The Balaban J connectivity index is 1.50. The molecule has 43 heavy (non-hydrogen) atoms. The molecule has 2 aliphatic rings. The molecule has 2 saturated heterocycles. The fourth-order valence-corrected chi connectivity index (χ4v) is 6.92. The molecule has 8 nitrogen and oxygen atoms in total. The third kappa shape index (κ3) is 6.64. The number of pyridine rings is 1. The minimum absolute atomic E-state index is 0.0628. The molecule has 0 aliphatic carbocycles. The van der Waals surface area contributed by atoms with E-state index in [1.54, 1.807) is 30.9 Å². The predicted octanol–water partition coefficient (Wildman–Crippen LogP) is 3.87. The number of aryl methyl sites for hydroxylation is 1. The zero-order valence-corrected chi connectivity index (χ0v) is 25.8. The van der Waals surface area contributed by atoms with Crippen LogP contribution in [0.1, 0.15) is 40.2 Å². The molecule has 3 aromatic rings. The Hall–Kier alpha value is -3.26. The van der Waals surface area contributed by atoms with E-state index in [0.29, 0.717) is 24.5 Å². The van der Waals surface area contributed by atoms with Crippen LogP contribution in [0.5, 0.6) is 11.5 Å². The number of hydrogen-bond donors (Lipinski definition) is 0. The first-order valence-electron chi connectivity index (χ1n) is 13.6. The van der Waals surface area contributed by atoms with E-state index in [-0.39, 0.29) is 41.8 Å². The van der Waals surface area contributed by atoms with Crippen LogP contribution in [0.3, 0.4) is 0 Å². The normalized spacial score (nSPS) is 20.2. The van der Waals surface area contributed by atoms with E-state index in [2.05, 4.69) is 23.2 Å². The Morgan fingerprint density at radius 1 is 1.07 bits per heavy atom. The number of amides is 1. The summed E-state index contributed by atoms with van der Waals surface area (Å²) in [4.78, 5) is 42.7. The number of alkyl halides is 3. The lowest BCUT2D eigenvalue weighted by molar-refractivity contribution is -0.274. The van der Waals surface area contributed by atoms with E-state index < -0.39 is 29.7 Å². The number of ketones is 1. The van der Waals surface area contributed by atoms with Gasteiger partial charge in [-0.15, -0.1) is 31.7 Å². The highest BCUT2D eigenvalue weighted by Crippen LogP contribution is 2.39. The largest absolute Gasteiger partial charge is 0.573 e. The second-order valence-corrected chi connectivity index (χ2v) is 11.9. The molecule has 5 atom stereocenters. The smallest absolute Gasteiger partial charge is 0.497 e. The van der Waals surface area contributed by atoms with Crippen molar-refractivity contribution in [2.45, 2.75) is 44.7 Å². The van der Waals surface area contributed by atoms with Crippen molar-refractivity contribution in [2.24, 2.45) is 5.92 Å². The fraction of sp³-hybridized carbons (Fsp3) is 0.367. The quantitative estimate of drug-likeness (QED) is 0.263. The summed E-state index contributed by atoms with van der Waals surface area (Å²) >= 11 is 0. The predicted molar refractivity (Wildman–Crippen MR) is 162 cm³/mol. The molecule has 1 amide bonds. The van der Waals surface area contributed by atoms with E-state index in [9.17, 15) is 27.6 Å². The van der Waals surface area contributed by atoms with Crippen molar-refractivity contribution in [1.29, 1.82) is 0 Å². The number of halogens is 3. The van der Waals surface area contributed by atoms with Crippen molar-refractivity contribution in [3.63, 3.8) is 0 Å². The number of aromatic nitrogens is 1. The minimum atomic E-state index is -4.86. The maximum absolute atomic E-state index is 14.1. The van der Waals surface area contributed by atoms with Crippen LogP contribution in [-0.4, -0.2) is 49.0 Å². The second kappa shape index (κ2) is 12.4. The van der Waals surface area contributed by atoms with Crippen molar-refractivity contribution in [1.82, 2.24) is 4.57 Å². The molecule has 2 aliphatic heterocycles. The summed E-state index contributed by atoms with van der Waals surface area (Å²) < 4.78 is 54.2. The molecule has 2 aromatic carbocycles. The van der Waals surface area contributed by atoms with Gasteiger partial charge in [0.25, 0.3) is 5.56 Å². The van der Waals surface area contributed by atoms with Gasteiger partial charge in [0.15, 0.2) is 5.78 Å². The van der Waals surface area contributed by atoms with Gasteiger partial charge in [-0.25, -0.2) is 0 Å². The molecule has 0 N–H and O–H groups in total. The van der Waals surface area contributed by atoms with E-state index in [1.807, 2.05) is 12.1 Å². The number of carbonyl (C=O) groups is 2. The number of methoxy groups -OCH3 is 1. The molecule has 0 saturated carbocycles. The van der Waals surface area contributed by atoms with Gasteiger partial charge in [-0.1, -0.05) is 0 Å². The summed E-state index contributed by atoms with van der Waals surface area (Å²) in [6.07, 6.45) is -2.59. The van der Waals surface area contributed by atoms with E-state index in [0.717, 1.165) is 34.7 Å². The molecule has 228 valence electrons. The number of hydrogen-bond acceptors (Lipinski definition) is 6. The first-order chi connectivity index (χ1) is 20.4. The molecule has 3 heterocycles. The standard InChI is InChI=1S/C30H31F3N2O6P2/c1-16-7-9-34(14-19-8-10-40-19)29(38)27(16)35-15-22(26-24(42)11-20(39-2)12-25(26)43)21(28(35)37)13-23(36)17-3-5-18(6-4-17)41-30(31,32)33/h3-7,9,11-12,19,21-22H,8,10,13-15,42-43H2,1-2H3/t19?,21-,22+/m0/s1. The Morgan fingerprint density at radius 2 is 1.72 bits per heavy atom. The average molecular weight is 635 g/mol. The van der Waals surface area contributed by atoms with Crippen molar-refractivity contribution in [2.75, 3.05) is 25.2 Å². The molecular formula is C30H31F3N2O6P2. The van der Waals surface area contributed by atoms with Crippen LogP contribution in [0.25, 0.3) is 0 Å². The lowest BCUT2D eigenvalue weighted by Gasteiger charge is -2.28. The number of anilines is 1. The Morgan fingerprint density at radius 3 is 2.28 bits per heavy atom. The Kier molecular flexibility index (Phi) is 8.98.